The van der Waals surface area contributed by atoms with Gasteiger partial charge in [-0.05, 0) is 37.5 Å². The molecular formula is C21H29IN4O2. The SMILES string of the molecule is CCNC(=NCC(=O)NCc1ccco1)NCC1(c2ccccc2)CCC1.I. The second-order valence-corrected chi connectivity index (χ2v) is 6.90. The Morgan fingerprint density at radius 2 is 1.89 bits per heavy atom. The number of carbonyl (C=O) groups is 1. The number of nitrogens with zero attached hydrogens (tertiary/aromatic N) is 1. The fourth-order valence-electron chi connectivity index (χ4n) is 3.36. The maximum atomic E-state index is 12.0. The van der Waals surface area contributed by atoms with Gasteiger partial charge in [0.25, 0.3) is 0 Å². The highest BCUT2D eigenvalue weighted by atomic mass is 127. The van der Waals surface area contributed by atoms with Gasteiger partial charge in [-0.25, -0.2) is 4.99 Å². The zero-order valence-corrected chi connectivity index (χ0v) is 18.6. The van der Waals surface area contributed by atoms with Gasteiger partial charge >= 0.3 is 0 Å². The molecule has 7 heteroatoms. The molecule has 1 heterocycles. The highest BCUT2D eigenvalue weighted by Crippen LogP contribution is 2.43. The number of halogens is 1. The molecule has 0 atom stereocenters. The summed E-state index contributed by atoms with van der Waals surface area (Å²) in [4.78, 5) is 16.4. The summed E-state index contributed by atoms with van der Waals surface area (Å²) in [7, 11) is 0. The van der Waals surface area contributed by atoms with Crippen molar-refractivity contribution in [2.45, 2.75) is 38.1 Å². The van der Waals surface area contributed by atoms with E-state index in [4.69, 9.17) is 4.42 Å². The van der Waals surface area contributed by atoms with Crippen molar-refractivity contribution in [3.8, 4) is 0 Å². The second kappa shape index (κ2) is 11.1. The Balaban J connectivity index is 0.00000280. The highest BCUT2D eigenvalue weighted by Gasteiger charge is 2.38. The Morgan fingerprint density at radius 1 is 1.11 bits per heavy atom. The van der Waals surface area contributed by atoms with Gasteiger partial charge in [0, 0.05) is 18.5 Å². The largest absolute Gasteiger partial charge is 0.467 e. The zero-order valence-electron chi connectivity index (χ0n) is 16.2. The third kappa shape index (κ3) is 5.98. The van der Waals surface area contributed by atoms with Crippen molar-refractivity contribution in [3.05, 3.63) is 60.1 Å². The fraction of sp³-hybridized carbons (Fsp3) is 0.429. The van der Waals surface area contributed by atoms with Crippen LogP contribution in [0.4, 0.5) is 0 Å². The van der Waals surface area contributed by atoms with Gasteiger partial charge in [0.15, 0.2) is 5.96 Å². The minimum atomic E-state index is -0.134. The van der Waals surface area contributed by atoms with Crippen molar-refractivity contribution in [3.63, 3.8) is 0 Å². The monoisotopic (exact) mass is 496 g/mol. The van der Waals surface area contributed by atoms with E-state index in [0.717, 1.165) is 18.8 Å². The van der Waals surface area contributed by atoms with Crippen molar-refractivity contribution < 1.29 is 9.21 Å². The smallest absolute Gasteiger partial charge is 0.242 e. The van der Waals surface area contributed by atoms with E-state index >= 15 is 0 Å². The molecule has 1 saturated carbocycles. The van der Waals surface area contributed by atoms with Crippen molar-refractivity contribution in [2.24, 2.45) is 4.99 Å². The minimum Gasteiger partial charge on any atom is -0.467 e. The number of amides is 1. The summed E-state index contributed by atoms with van der Waals surface area (Å²) in [6.07, 6.45) is 5.19. The number of hydrogen-bond donors (Lipinski definition) is 3. The lowest BCUT2D eigenvalue weighted by Crippen LogP contribution is -2.49. The molecule has 1 aliphatic carbocycles. The molecule has 1 aliphatic rings. The molecule has 28 heavy (non-hydrogen) atoms. The van der Waals surface area contributed by atoms with E-state index in [0.29, 0.717) is 12.5 Å². The standard InChI is InChI=1S/C21H28N4O2.HI/c1-2-22-20(24-15-19(26)23-14-18-10-6-13-27-18)25-16-21(11-7-12-21)17-8-4-3-5-9-17;/h3-6,8-10,13H,2,7,11-12,14-16H2,1H3,(H,23,26)(H2,22,24,25);1H. The number of aliphatic imine (C=N–C) groups is 1. The molecule has 1 aromatic heterocycles. The van der Waals surface area contributed by atoms with Crippen LogP contribution in [0, 0.1) is 0 Å². The summed E-state index contributed by atoms with van der Waals surface area (Å²) >= 11 is 0. The number of guanidine groups is 1. The molecule has 0 unspecified atom stereocenters. The molecule has 152 valence electrons. The van der Waals surface area contributed by atoms with Crippen molar-refractivity contribution in [2.75, 3.05) is 19.6 Å². The Labute approximate surface area is 183 Å². The Bertz CT molecular complexity index is 743. The first-order valence-electron chi connectivity index (χ1n) is 9.59. The van der Waals surface area contributed by atoms with Crippen LogP contribution in [0.5, 0.6) is 0 Å². The number of rotatable bonds is 8. The van der Waals surface area contributed by atoms with Crippen LogP contribution < -0.4 is 16.0 Å². The third-order valence-electron chi connectivity index (χ3n) is 5.06. The number of carbonyl (C=O) groups excluding carboxylic acids is 1. The Hall–Kier alpha value is -2.03. The summed E-state index contributed by atoms with van der Waals surface area (Å²) in [5.74, 6) is 1.27. The molecule has 0 saturated heterocycles. The summed E-state index contributed by atoms with van der Waals surface area (Å²) in [6.45, 7) is 4.04. The van der Waals surface area contributed by atoms with E-state index in [1.54, 1.807) is 12.3 Å². The van der Waals surface area contributed by atoms with E-state index in [1.165, 1.54) is 24.8 Å². The molecular weight excluding hydrogens is 467 g/mol. The predicted molar refractivity (Wildman–Crippen MR) is 122 cm³/mol. The number of benzene rings is 1. The molecule has 1 aromatic carbocycles. The normalized spacial score (nSPS) is 15.1. The van der Waals surface area contributed by atoms with E-state index in [-0.39, 0.29) is 41.8 Å². The maximum Gasteiger partial charge on any atom is 0.242 e. The Kier molecular flexibility index (Phi) is 8.82. The maximum absolute atomic E-state index is 12.0. The lowest BCUT2D eigenvalue weighted by atomic mass is 9.64. The third-order valence-corrected chi connectivity index (χ3v) is 5.06. The van der Waals surface area contributed by atoms with E-state index in [9.17, 15) is 4.79 Å². The molecule has 6 nitrogen and oxygen atoms in total. The van der Waals surface area contributed by atoms with E-state index in [2.05, 4.69) is 51.3 Å². The molecule has 1 amide bonds. The van der Waals surface area contributed by atoms with Gasteiger partial charge < -0.3 is 20.4 Å². The van der Waals surface area contributed by atoms with E-state index in [1.807, 2.05) is 13.0 Å². The average molecular weight is 496 g/mol. The first kappa shape index (κ1) is 22.3. The zero-order chi connectivity index (χ0) is 19.0. The summed E-state index contributed by atoms with van der Waals surface area (Å²) in [6, 6.07) is 14.3. The summed E-state index contributed by atoms with van der Waals surface area (Å²) in [5.41, 5.74) is 1.54. The Morgan fingerprint density at radius 3 is 2.50 bits per heavy atom. The predicted octanol–water partition coefficient (Wildman–Crippen LogP) is 3.19. The highest BCUT2D eigenvalue weighted by molar-refractivity contribution is 14.0. The van der Waals surface area contributed by atoms with Crippen LogP contribution in [0.15, 0.2) is 58.1 Å². The lowest BCUT2D eigenvalue weighted by Gasteiger charge is -2.43. The van der Waals surface area contributed by atoms with Crippen LogP contribution in [0.3, 0.4) is 0 Å². The van der Waals surface area contributed by atoms with Crippen molar-refractivity contribution in [1.29, 1.82) is 0 Å². The van der Waals surface area contributed by atoms with Crippen LogP contribution in [-0.4, -0.2) is 31.5 Å². The molecule has 0 bridgehead atoms. The summed E-state index contributed by atoms with van der Waals surface area (Å²) in [5, 5.41) is 9.46. The molecule has 0 radical (unpaired) electrons. The van der Waals surface area contributed by atoms with Gasteiger partial charge in [0.05, 0.1) is 12.8 Å². The minimum absolute atomic E-state index is 0. The molecule has 1 fully saturated rings. The lowest BCUT2D eigenvalue weighted by molar-refractivity contribution is -0.119. The average Bonchev–Trinajstić information content (AvgIpc) is 3.18. The van der Waals surface area contributed by atoms with Crippen LogP contribution >= 0.6 is 24.0 Å². The van der Waals surface area contributed by atoms with Gasteiger partial charge in [-0.1, -0.05) is 36.8 Å². The van der Waals surface area contributed by atoms with Crippen molar-refractivity contribution in [1.82, 2.24) is 16.0 Å². The topological polar surface area (TPSA) is 78.7 Å². The fourth-order valence-corrected chi connectivity index (χ4v) is 3.36. The van der Waals surface area contributed by atoms with E-state index < -0.39 is 0 Å². The van der Waals surface area contributed by atoms with Gasteiger partial charge in [-0.15, -0.1) is 24.0 Å². The first-order valence-corrected chi connectivity index (χ1v) is 9.59. The van der Waals surface area contributed by atoms with Crippen LogP contribution in [0.1, 0.15) is 37.5 Å². The van der Waals surface area contributed by atoms with Gasteiger partial charge in [-0.3, -0.25) is 4.79 Å². The number of furan rings is 1. The quantitative estimate of drug-likeness (QED) is 0.298. The molecule has 0 aliphatic heterocycles. The molecule has 2 aromatic rings. The van der Waals surface area contributed by atoms with Crippen LogP contribution in [0.2, 0.25) is 0 Å². The number of hydrogen-bond acceptors (Lipinski definition) is 3. The number of nitrogens with one attached hydrogen (secondary N) is 3. The molecule has 0 spiro atoms. The van der Waals surface area contributed by atoms with Gasteiger partial charge in [0.2, 0.25) is 5.91 Å². The summed E-state index contributed by atoms with van der Waals surface area (Å²) < 4.78 is 5.21. The first-order chi connectivity index (χ1) is 13.2. The second-order valence-electron chi connectivity index (χ2n) is 6.90. The van der Waals surface area contributed by atoms with Crippen LogP contribution in [-0.2, 0) is 16.8 Å². The van der Waals surface area contributed by atoms with Crippen LogP contribution in [0.25, 0.3) is 0 Å². The molecule has 3 rings (SSSR count). The van der Waals surface area contributed by atoms with Gasteiger partial charge in [0.1, 0.15) is 12.3 Å². The molecule has 3 N–H and O–H groups in total. The van der Waals surface area contributed by atoms with Gasteiger partial charge in [-0.2, -0.15) is 0 Å². The van der Waals surface area contributed by atoms with Crippen molar-refractivity contribution >= 4 is 35.8 Å².